The van der Waals surface area contributed by atoms with Gasteiger partial charge < -0.3 is 9.88 Å². The second-order valence-corrected chi connectivity index (χ2v) is 5.61. The van der Waals surface area contributed by atoms with Crippen molar-refractivity contribution in [3.8, 4) is 0 Å². The van der Waals surface area contributed by atoms with E-state index in [-0.39, 0.29) is 5.56 Å². The second-order valence-electron chi connectivity index (χ2n) is 5.61. The molecule has 0 atom stereocenters. The molecule has 0 amide bonds. The lowest BCUT2D eigenvalue weighted by molar-refractivity contribution is 0.578. The highest BCUT2D eigenvalue weighted by atomic mass is 16.1. The van der Waals surface area contributed by atoms with E-state index in [1.165, 1.54) is 24.9 Å². The number of nitrogens with one attached hydrogen (secondary N) is 1. The molecular formula is C23H38N2O. The number of allylic oxidation sites excluding steroid dienone is 1. The summed E-state index contributed by atoms with van der Waals surface area (Å²) in [6, 6.07) is 8.25. The maximum Gasteiger partial charge on any atom is 0.255 e. The van der Waals surface area contributed by atoms with Gasteiger partial charge in [0, 0.05) is 24.3 Å². The first-order chi connectivity index (χ1) is 12.6. The Morgan fingerprint density at radius 3 is 2.08 bits per heavy atom. The van der Waals surface area contributed by atoms with Gasteiger partial charge in [-0.2, -0.15) is 0 Å². The van der Waals surface area contributed by atoms with Crippen molar-refractivity contribution in [1.82, 2.24) is 4.98 Å². The quantitative estimate of drug-likeness (QED) is 0.654. The third-order valence-electron chi connectivity index (χ3n) is 4.01. The lowest BCUT2D eigenvalue weighted by Gasteiger charge is -2.29. The lowest BCUT2D eigenvalue weighted by atomic mass is 10.1. The Balaban J connectivity index is 0.000000948. The zero-order valence-corrected chi connectivity index (χ0v) is 17.9. The Morgan fingerprint density at radius 1 is 0.962 bits per heavy atom. The lowest BCUT2D eigenvalue weighted by Crippen LogP contribution is -2.29. The van der Waals surface area contributed by atoms with Crippen molar-refractivity contribution >= 4 is 22.2 Å². The van der Waals surface area contributed by atoms with Crippen molar-refractivity contribution in [3.63, 3.8) is 0 Å². The molecule has 0 unspecified atom stereocenters. The van der Waals surface area contributed by atoms with Crippen molar-refractivity contribution in [2.24, 2.45) is 0 Å². The Hall–Kier alpha value is -2.03. The van der Waals surface area contributed by atoms with E-state index in [9.17, 15) is 4.79 Å². The van der Waals surface area contributed by atoms with Crippen LogP contribution in [-0.2, 0) is 0 Å². The summed E-state index contributed by atoms with van der Waals surface area (Å²) in [5.41, 5.74) is 3.52. The predicted molar refractivity (Wildman–Crippen MR) is 119 cm³/mol. The summed E-state index contributed by atoms with van der Waals surface area (Å²) in [5.74, 6) is 0. The summed E-state index contributed by atoms with van der Waals surface area (Å²) >= 11 is 0. The topological polar surface area (TPSA) is 36.1 Å². The van der Waals surface area contributed by atoms with Crippen molar-refractivity contribution < 1.29 is 0 Å². The fourth-order valence-corrected chi connectivity index (χ4v) is 2.85. The Bertz CT molecular complexity index is 710. The molecule has 0 saturated carbocycles. The van der Waals surface area contributed by atoms with Gasteiger partial charge in [0.05, 0.1) is 5.52 Å². The van der Waals surface area contributed by atoms with Crippen LogP contribution in [0.15, 0.2) is 35.6 Å². The minimum atomic E-state index is -0.0548. The molecule has 1 aromatic carbocycles. The molecule has 1 aliphatic rings. The van der Waals surface area contributed by atoms with E-state index < -0.39 is 0 Å². The molecule has 26 heavy (non-hydrogen) atoms. The van der Waals surface area contributed by atoms with Gasteiger partial charge in [-0.3, -0.25) is 4.79 Å². The second kappa shape index (κ2) is 13.2. The van der Waals surface area contributed by atoms with Gasteiger partial charge in [0.2, 0.25) is 0 Å². The standard InChI is InChI=1S/C17H20N2O.3C2H6/c1-12(2)15-10-13-6-7-14(11-16(13)18-17(15)20)19-8-4-3-5-9-19;3*1-2/h6-7,10-11H,1,3-5,8-9H2,2H3,(H,18,20);3*1-2H3. The van der Waals surface area contributed by atoms with Crippen LogP contribution in [0.25, 0.3) is 16.5 Å². The van der Waals surface area contributed by atoms with Gasteiger partial charge >= 0.3 is 0 Å². The molecule has 1 aliphatic heterocycles. The van der Waals surface area contributed by atoms with E-state index in [1.807, 2.05) is 54.5 Å². The smallest absolute Gasteiger partial charge is 0.255 e. The maximum atomic E-state index is 12.0. The normalized spacial score (nSPS) is 12.7. The van der Waals surface area contributed by atoms with E-state index in [4.69, 9.17) is 0 Å². The first-order valence-electron chi connectivity index (χ1n) is 10.2. The van der Waals surface area contributed by atoms with Gasteiger partial charge in [-0.25, -0.2) is 0 Å². The number of nitrogens with zero attached hydrogens (tertiary/aromatic N) is 1. The Morgan fingerprint density at radius 2 is 1.54 bits per heavy atom. The summed E-state index contributed by atoms with van der Waals surface area (Å²) in [6.45, 7) is 19.9. The van der Waals surface area contributed by atoms with Crippen molar-refractivity contribution in [2.75, 3.05) is 18.0 Å². The van der Waals surface area contributed by atoms with Gasteiger partial charge in [0.1, 0.15) is 0 Å². The average Bonchev–Trinajstić information content (AvgIpc) is 2.72. The zero-order chi connectivity index (χ0) is 20.1. The fraction of sp³-hybridized carbons (Fsp3) is 0.522. The first kappa shape index (κ1) is 24.0. The van der Waals surface area contributed by atoms with E-state index in [1.54, 1.807) is 0 Å². The number of piperidine rings is 1. The molecule has 0 bridgehead atoms. The summed E-state index contributed by atoms with van der Waals surface area (Å²) in [5, 5.41) is 1.06. The molecular weight excluding hydrogens is 320 g/mol. The molecule has 2 aromatic rings. The van der Waals surface area contributed by atoms with Gasteiger partial charge in [-0.1, -0.05) is 54.2 Å². The van der Waals surface area contributed by atoms with Crippen molar-refractivity contribution in [2.45, 2.75) is 67.7 Å². The number of aromatic amines is 1. The van der Waals surface area contributed by atoms with Crippen LogP contribution in [0.2, 0.25) is 0 Å². The van der Waals surface area contributed by atoms with Crippen LogP contribution in [0.4, 0.5) is 5.69 Å². The largest absolute Gasteiger partial charge is 0.371 e. The molecule has 2 heterocycles. The highest BCUT2D eigenvalue weighted by Crippen LogP contribution is 2.24. The Labute approximate surface area is 160 Å². The zero-order valence-electron chi connectivity index (χ0n) is 17.9. The van der Waals surface area contributed by atoms with Crippen molar-refractivity contribution in [3.05, 3.63) is 46.8 Å². The van der Waals surface area contributed by atoms with Crippen LogP contribution in [0.1, 0.15) is 73.3 Å². The summed E-state index contributed by atoms with van der Waals surface area (Å²) in [7, 11) is 0. The van der Waals surface area contributed by atoms with Crippen LogP contribution < -0.4 is 10.5 Å². The van der Waals surface area contributed by atoms with Crippen LogP contribution in [0.3, 0.4) is 0 Å². The molecule has 1 fully saturated rings. The molecule has 3 heteroatoms. The Kier molecular flexibility index (Phi) is 12.2. The van der Waals surface area contributed by atoms with Crippen LogP contribution >= 0.6 is 0 Å². The first-order valence-corrected chi connectivity index (χ1v) is 10.2. The van der Waals surface area contributed by atoms with Gasteiger partial charge in [-0.15, -0.1) is 0 Å². The van der Waals surface area contributed by atoms with E-state index in [0.29, 0.717) is 5.56 Å². The number of pyridine rings is 1. The molecule has 0 radical (unpaired) electrons. The molecule has 1 N–H and O–H groups in total. The highest BCUT2D eigenvalue weighted by Gasteiger charge is 2.12. The number of fused-ring (bicyclic) bond motifs is 1. The van der Waals surface area contributed by atoms with Crippen LogP contribution in [-0.4, -0.2) is 18.1 Å². The molecule has 1 saturated heterocycles. The number of hydrogen-bond acceptors (Lipinski definition) is 2. The molecule has 0 aliphatic carbocycles. The number of hydrogen-bond donors (Lipinski definition) is 1. The summed E-state index contributed by atoms with van der Waals surface area (Å²) in [4.78, 5) is 17.4. The van der Waals surface area contributed by atoms with Gasteiger partial charge in [0.25, 0.3) is 5.56 Å². The highest BCUT2D eigenvalue weighted by molar-refractivity contribution is 5.85. The third-order valence-corrected chi connectivity index (χ3v) is 4.01. The maximum absolute atomic E-state index is 12.0. The number of aromatic nitrogens is 1. The average molecular weight is 359 g/mol. The van der Waals surface area contributed by atoms with E-state index in [2.05, 4.69) is 34.7 Å². The van der Waals surface area contributed by atoms with Crippen LogP contribution in [0.5, 0.6) is 0 Å². The minimum absolute atomic E-state index is 0.0548. The van der Waals surface area contributed by atoms with Gasteiger partial charge in [-0.05, 0) is 55.3 Å². The molecule has 0 spiro atoms. The van der Waals surface area contributed by atoms with Crippen molar-refractivity contribution in [1.29, 1.82) is 0 Å². The SMILES string of the molecule is C=C(C)c1cc2ccc(N3CCCCC3)cc2[nH]c1=O.CC.CC.CC. The predicted octanol–water partition coefficient (Wildman–Crippen LogP) is 6.63. The number of H-pyrrole nitrogens is 1. The van der Waals surface area contributed by atoms with Gasteiger partial charge in [0.15, 0.2) is 0 Å². The molecule has 1 aromatic heterocycles. The third kappa shape index (κ3) is 6.36. The molecule has 3 nitrogen and oxygen atoms in total. The van der Waals surface area contributed by atoms with Crippen LogP contribution in [0, 0.1) is 0 Å². The summed E-state index contributed by atoms with van der Waals surface area (Å²) < 4.78 is 0. The molecule has 146 valence electrons. The van der Waals surface area contributed by atoms with E-state index >= 15 is 0 Å². The van der Waals surface area contributed by atoms with E-state index in [0.717, 1.165) is 29.6 Å². The number of benzene rings is 1. The fourth-order valence-electron chi connectivity index (χ4n) is 2.85. The monoisotopic (exact) mass is 358 g/mol. The molecule has 3 rings (SSSR count). The number of rotatable bonds is 2. The minimum Gasteiger partial charge on any atom is -0.371 e. The summed E-state index contributed by atoms with van der Waals surface area (Å²) in [6.07, 6.45) is 3.83. The number of anilines is 1.